The Kier molecular flexibility index (Phi) is 5.25. The Bertz CT molecular complexity index is 920. The van der Waals surface area contributed by atoms with E-state index in [0.29, 0.717) is 11.4 Å². The second-order valence-electron chi connectivity index (χ2n) is 5.13. The molecule has 0 unspecified atom stereocenters. The normalized spacial score (nSPS) is 13.8. The fraction of sp³-hybridized carbons (Fsp3) is 0.267. The van der Waals surface area contributed by atoms with Gasteiger partial charge in [-0.25, -0.2) is 22.2 Å². The Hall–Kier alpha value is -2.39. The van der Waals surface area contributed by atoms with Gasteiger partial charge in [0.25, 0.3) is 10.0 Å². The van der Waals surface area contributed by atoms with E-state index >= 15 is 0 Å². The van der Waals surface area contributed by atoms with Crippen molar-refractivity contribution >= 4 is 15.9 Å². The minimum absolute atomic E-state index is 0.0173. The van der Waals surface area contributed by atoms with Crippen molar-refractivity contribution in [3.63, 3.8) is 0 Å². The Morgan fingerprint density at radius 1 is 1.29 bits per heavy atom. The first-order valence-corrected chi connectivity index (χ1v) is 8.59. The van der Waals surface area contributed by atoms with Crippen molar-refractivity contribution in [2.24, 2.45) is 4.99 Å². The smallest absolute Gasteiger partial charge is 0.260 e. The quantitative estimate of drug-likeness (QED) is 0.644. The van der Waals surface area contributed by atoms with E-state index in [1.165, 1.54) is 43.4 Å². The maximum Gasteiger partial charge on any atom is 0.260 e. The minimum atomic E-state index is -3.91. The molecule has 9 heteroatoms. The minimum Gasteiger partial charge on any atom is -0.283 e. The third-order valence-electron chi connectivity index (χ3n) is 3.42. The summed E-state index contributed by atoms with van der Waals surface area (Å²) in [5.41, 5.74) is 0.639. The van der Waals surface area contributed by atoms with Gasteiger partial charge in [0.2, 0.25) is 0 Å². The van der Waals surface area contributed by atoms with Crippen LogP contribution in [-0.4, -0.2) is 31.1 Å². The third kappa shape index (κ3) is 3.92. The zero-order valence-corrected chi connectivity index (χ0v) is 14.3. The number of aromatic nitrogens is 2. The van der Waals surface area contributed by atoms with Crippen LogP contribution in [0.15, 0.2) is 46.4 Å². The Labute approximate surface area is 139 Å². The first-order chi connectivity index (χ1) is 11.2. The molecule has 0 saturated carbocycles. The second kappa shape index (κ2) is 7.02. The molecular weight excluding hydrogens is 333 g/mol. The summed E-state index contributed by atoms with van der Waals surface area (Å²) < 4.78 is 41.6. The zero-order valence-electron chi connectivity index (χ0n) is 13.5. The summed E-state index contributed by atoms with van der Waals surface area (Å²) in [6.07, 6.45) is 0. The number of nitrogens with one attached hydrogen (secondary N) is 2. The predicted octanol–water partition coefficient (Wildman–Crippen LogP) is 1.44. The van der Waals surface area contributed by atoms with E-state index in [1.807, 2.05) is 0 Å². The molecule has 7 nitrogen and oxygen atoms in total. The fourth-order valence-electron chi connectivity index (χ4n) is 2.00. The van der Waals surface area contributed by atoms with Crippen molar-refractivity contribution in [2.75, 3.05) is 7.05 Å². The molecule has 1 atom stereocenters. The summed E-state index contributed by atoms with van der Waals surface area (Å²) in [7, 11) is -2.39. The molecule has 0 amide bonds. The van der Waals surface area contributed by atoms with Crippen LogP contribution in [0.1, 0.15) is 25.5 Å². The van der Waals surface area contributed by atoms with Crippen LogP contribution in [0.5, 0.6) is 0 Å². The topological polar surface area (TPSA) is 100 Å². The van der Waals surface area contributed by atoms with Crippen LogP contribution in [0, 0.1) is 11.2 Å². The lowest BCUT2D eigenvalue weighted by Crippen LogP contribution is -2.33. The standard InChI is InChI=1S/C15H18FN5O2S/c1-10(12-4-6-13(16)7-5-12)20-24(22,23)15-9-8-14(17)21(19-15)11(2)18-3/h4-10,17,20H,1-3H3/t10-/m0/s1. The molecule has 0 spiro atoms. The van der Waals surface area contributed by atoms with Gasteiger partial charge in [-0.1, -0.05) is 12.1 Å². The first-order valence-electron chi connectivity index (χ1n) is 7.11. The van der Waals surface area contributed by atoms with Gasteiger partial charge < -0.3 is 0 Å². The molecule has 1 aromatic carbocycles. The molecule has 0 aliphatic rings. The zero-order chi connectivity index (χ0) is 17.9. The number of hydrogen-bond acceptors (Lipinski definition) is 5. The lowest BCUT2D eigenvalue weighted by molar-refractivity contribution is 0.557. The van der Waals surface area contributed by atoms with E-state index in [2.05, 4.69) is 14.8 Å². The molecule has 128 valence electrons. The van der Waals surface area contributed by atoms with Crippen molar-refractivity contribution in [1.29, 1.82) is 5.41 Å². The number of nitrogens with zero attached hydrogens (tertiary/aromatic N) is 3. The van der Waals surface area contributed by atoms with E-state index in [4.69, 9.17) is 5.41 Å². The highest BCUT2D eigenvalue weighted by Crippen LogP contribution is 2.16. The predicted molar refractivity (Wildman–Crippen MR) is 87.6 cm³/mol. The Morgan fingerprint density at radius 2 is 1.92 bits per heavy atom. The van der Waals surface area contributed by atoms with Crippen LogP contribution in [0.3, 0.4) is 0 Å². The number of sulfonamides is 1. The summed E-state index contributed by atoms with van der Waals surface area (Å²) in [6.45, 7) is 3.27. The summed E-state index contributed by atoms with van der Waals surface area (Å²) >= 11 is 0. The van der Waals surface area contributed by atoms with E-state index in [-0.39, 0.29) is 10.5 Å². The molecule has 0 aliphatic carbocycles. The number of rotatable bonds is 4. The van der Waals surface area contributed by atoms with Gasteiger partial charge in [0.05, 0.1) is 0 Å². The van der Waals surface area contributed by atoms with Crippen molar-refractivity contribution < 1.29 is 12.8 Å². The number of benzene rings is 1. The van der Waals surface area contributed by atoms with E-state index in [1.54, 1.807) is 13.8 Å². The summed E-state index contributed by atoms with van der Waals surface area (Å²) in [6, 6.07) is 7.57. The van der Waals surface area contributed by atoms with E-state index in [0.717, 1.165) is 4.68 Å². The molecule has 24 heavy (non-hydrogen) atoms. The third-order valence-corrected chi connectivity index (χ3v) is 4.85. The van der Waals surface area contributed by atoms with Crippen LogP contribution in [-0.2, 0) is 10.0 Å². The maximum absolute atomic E-state index is 13.0. The second-order valence-corrected chi connectivity index (χ2v) is 6.79. The van der Waals surface area contributed by atoms with Gasteiger partial charge in [-0.3, -0.25) is 10.4 Å². The van der Waals surface area contributed by atoms with Gasteiger partial charge in [-0.05, 0) is 43.7 Å². The molecule has 0 radical (unpaired) electrons. The first kappa shape index (κ1) is 18.0. The van der Waals surface area contributed by atoms with Gasteiger partial charge >= 0.3 is 0 Å². The van der Waals surface area contributed by atoms with Crippen LogP contribution < -0.4 is 10.2 Å². The maximum atomic E-state index is 13.0. The molecule has 2 rings (SSSR count). The van der Waals surface area contributed by atoms with Crippen molar-refractivity contribution in [2.45, 2.75) is 24.9 Å². The van der Waals surface area contributed by atoms with Crippen molar-refractivity contribution in [1.82, 2.24) is 14.5 Å². The molecule has 0 saturated heterocycles. The molecule has 0 aliphatic heterocycles. The molecular formula is C15H18FN5O2S. The van der Waals surface area contributed by atoms with Gasteiger partial charge in [0.1, 0.15) is 17.1 Å². The van der Waals surface area contributed by atoms with Crippen LogP contribution in [0.4, 0.5) is 4.39 Å². The summed E-state index contributed by atoms with van der Waals surface area (Å²) in [5.74, 6) is 0.000473. The number of aliphatic imine (C=N–C) groups is 1. The van der Waals surface area contributed by atoms with Gasteiger partial charge in [-0.15, -0.1) is 0 Å². The molecule has 0 bridgehead atoms. The van der Waals surface area contributed by atoms with Crippen LogP contribution in [0.25, 0.3) is 0 Å². The van der Waals surface area contributed by atoms with Crippen LogP contribution in [0.2, 0.25) is 0 Å². The largest absolute Gasteiger partial charge is 0.283 e. The Morgan fingerprint density at radius 3 is 2.50 bits per heavy atom. The van der Waals surface area contributed by atoms with Gasteiger partial charge in [-0.2, -0.15) is 5.10 Å². The average Bonchev–Trinajstić information content (AvgIpc) is 2.54. The Balaban J connectivity index is 2.33. The number of halogens is 1. The fourth-order valence-corrected chi connectivity index (χ4v) is 3.16. The SMILES string of the molecule is CN=C(C)n1nc(S(=O)(=O)N[C@@H](C)c2ccc(F)cc2)ccc1=N. The monoisotopic (exact) mass is 351 g/mol. The summed E-state index contributed by atoms with van der Waals surface area (Å²) in [4.78, 5) is 3.91. The molecule has 2 aromatic rings. The molecule has 1 heterocycles. The molecule has 0 fully saturated rings. The molecule has 1 aromatic heterocycles. The highest BCUT2D eigenvalue weighted by atomic mass is 32.2. The lowest BCUT2D eigenvalue weighted by atomic mass is 10.1. The number of hydrogen-bond donors (Lipinski definition) is 2. The van der Waals surface area contributed by atoms with Crippen LogP contribution >= 0.6 is 0 Å². The van der Waals surface area contributed by atoms with Gasteiger partial charge in [0.15, 0.2) is 5.03 Å². The lowest BCUT2D eigenvalue weighted by Gasteiger charge is -2.15. The highest BCUT2D eigenvalue weighted by molar-refractivity contribution is 7.89. The average molecular weight is 351 g/mol. The van der Waals surface area contributed by atoms with Crippen molar-refractivity contribution in [3.8, 4) is 0 Å². The van der Waals surface area contributed by atoms with E-state index < -0.39 is 21.9 Å². The summed E-state index contributed by atoms with van der Waals surface area (Å²) in [5, 5.41) is 11.5. The van der Waals surface area contributed by atoms with Crippen molar-refractivity contribution in [3.05, 3.63) is 53.3 Å². The van der Waals surface area contributed by atoms with E-state index in [9.17, 15) is 12.8 Å². The highest BCUT2D eigenvalue weighted by Gasteiger charge is 2.21. The molecule has 2 N–H and O–H groups in total. The van der Waals surface area contributed by atoms with Gasteiger partial charge in [0, 0.05) is 13.1 Å².